The molecule has 2 aliphatic heterocycles. The molecule has 0 radical (unpaired) electrons. The van der Waals surface area contributed by atoms with Crippen LogP contribution in [0.25, 0.3) is 0 Å². The van der Waals surface area contributed by atoms with Gasteiger partial charge in [0.05, 0.1) is 11.7 Å². The van der Waals surface area contributed by atoms with Crippen molar-refractivity contribution in [3.05, 3.63) is 23.3 Å². The minimum Gasteiger partial charge on any atom is -0.444 e. The molecule has 0 spiro atoms. The zero-order chi connectivity index (χ0) is 14.5. The van der Waals surface area contributed by atoms with Gasteiger partial charge in [-0.2, -0.15) is 0 Å². The smallest absolute Gasteiger partial charge is 0.411 e. The van der Waals surface area contributed by atoms with Crippen LogP contribution in [0.4, 0.5) is 4.79 Å². The van der Waals surface area contributed by atoms with E-state index < -0.39 is 5.60 Å². The Hall–Kier alpha value is -1.65. The van der Waals surface area contributed by atoms with Crippen LogP contribution >= 0.6 is 0 Å². The van der Waals surface area contributed by atoms with Crippen molar-refractivity contribution in [3.63, 3.8) is 0 Å². The molecule has 1 aromatic heterocycles. The van der Waals surface area contributed by atoms with Crippen LogP contribution in [-0.4, -0.2) is 32.6 Å². The Morgan fingerprint density at radius 2 is 2.15 bits per heavy atom. The average Bonchev–Trinajstić information content (AvgIpc) is 2.63. The lowest BCUT2D eigenvalue weighted by atomic mass is 10.00. The minimum atomic E-state index is -0.458. The van der Waals surface area contributed by atoms with Gasteiger partial charge in [0.15, 0.2) is 0 Å². The minimum absolute atomic E-state index is 0.0826. The van der Waals surface area contributed by atoms with Gasteiger partial charge in [-0.15, -0.1) is 0 Å². The molecule has 2 unspecified atom stereocenters. The molecule has 20 heavy (non-hydrogen) atoms. The molecular formula is C15H21N3O2. The van der Waals surface area contributed by atoms with E-state index in [2.05, 4.69) is 9.97 Å². The second-order valence-electron chi connectivity index (χ2n) is 6.66. The number of carbonyl (C=O) groups is 1. The third-order valence-corrected chi connectivity index (χ3v) is 3.92. The van der Waals surface area contributed by atoms with Gasteiger partial charge in [0.2, 0.25) is 0 Å². The summed E-state index contributed by atoms with van der Waals surface area (Å²) in [5, 5.41) is 0. The van der Waals surface area contributed by atoms with Crippen LogP contribution in [0.2, 0.25) is 0 Å². The largest absolute Gasteiger partial charge is 0.444 e. The summed E-state index contributed by atoms with van der Waals surface area (Å²) in [6.45, 7) is 7.61. The van der Waals surface area contributed by atoms with Gasteiger partial charge in [-0.25, -0.2) is 14.8 Å². The topological polar surface area (TPSA) is 55.3 Å². The van der Waals surface area contributed by atoms with E-state index in [1.807, 2.05) is 38.8 Å². The van der Waals surface area contributed by atoms with Crippen molar-refractivity contribution in [3.8, 4) is 0 Å². The normalized spacial score (nSPS) is 24.5. The van der Waals surface area contributed by atoms with Crippen LogP contribution in [0.1, 0.15) is 56.7 Å². The number of aromatic nitrogens is 2. The SMILES string of the molecule is Cc1ncc2c(n1)CC1CCC2N1C(=O)OC(C)(C)C. The second-order valence-corrected chi connectivity index (χ2v) is 6.66. The highest BCUT2D eigenvalue weighted by atomic mass is 16.6. The first-order valence-electron chi connectivity index (χ1n) is 7.19. The number of ether oxygens (including phenoxy) is 1. The van der Waals surface area contributed by atoms with Crippen LogP contribution in [0, 0.1) is 6.92 Å². The van der Waals surface area contributed by atoms with Gasteiger partial charge >= 0.3 is 6.09 Å². The molecule has 0 N–H and O–H groups in total. The molecule has 1 amide bonds. The Bertz CT molecular complexity index is 551. The highest BCUT2D eigenvalue weighted by Gasteiger charge is 2.44. The van der Waals surface area contributed by atoms with Crippen LogP contribution in [0.5, 0.6) is 0 Å². The second kappa shape index (κ2) is 4.43. The Kier molecular flexibility index (Phi) is 2.96. The lowest BCUT2D eigenvalue weighted by Crippen LogP contribution is -2.44. The van der Waals surface area contributed by atoms with Gasteiger partial charge in [-0.05, 0) is 40.5 Å². The van der Waals surface area contributed by atoms with Crippen molar-refractivity contribution in [1.82, 2.24) is 14.9 Å². The molecule has 1 fully saturated rings. The van der Waals surface area contributed by atoms with Gasteiger partial charge in [0.1, 0.15) is 11.4 Å². The Morgan fingerprint density at radius 1 is 1.40 bits per heavy atom. The van der Waals surface area contributed by atoms with Gasteiger partial charge in [0.25, 0.3) is 0 Å². The molecule has 5 heteroatoms. The van der Waals surface area contributed by atoms with Crippen LogP contribution in [-0.2, 0) is 11.2 Å². The third-order valence-electron chi connectivity index (χ3n) is 3.92. The van der Waals surface area contributed by atoms with E-state index in [9.17, 15) is 4.79 Å². The van der Waals surface area contributed by atoms with Crippen molar-refractivity contribution in [2.45, 2.75) is 64.6 Å². The fraction of sp³-hybridized carbons (Fsp3) is 0.667. The molecule has 3 heterocycles. The average molecular weight is 275 g/mol. The number of carbonyl (C=O) groups excluding carboxylic acids is 1. The van der Waals surface area contributed by atoms with E-state index >= 15 is 0 Å². The predicted octanol–water partition coefficient (Wildman–Crippen LogP) is 2.78. The Balaban J connectivity index is 1.89. The molecule has 5 nitrogen and oxygen atoms in total. The molecule has 0 saturated carbocycles. The van der Waals surface area contributed by atoms with E-state index in [0.29, 0.717) is 0 Å². The number of amides is 1. The lowest BCUT2D eigenvalue weighted by molar-refractivity contribution is 0.0122. The summed E-state index contributed by atoms with van der Waals surface area (Å²) in [5.41, 5.74) is 1.74. The summed E-state index contributed by atoms with van der Waals surface area (Å²) in [4.78, 5) is 23.1. The van der Waals surface area contributed by atoms with E-state index in [4.69, 9.17) is 4.74 Å². The molecule has 1 aromatic rings. The first-order chi connectivity index (χ1) is 9.35. The summed E-state index contributed by atoms with van der Waals surface area (Å²) in [5.74, 6) is 0.800. The van der Waals surface area contributed by atoms with E-state index in [1.165, 1.54) is 0 Å². The quantitative estimate of drug-likeness (QED) is 0.730. The Labute approximate surface area is 119 Å². The van der Waals surface area contributed by atoms with Crippen LogP contribution < -0.4 is 0 Å². The van der Waals surface area contributed by atoms with Crippen LogP contribution in [0.3, 0.4) is 0 Å². The predicted molar refractivity (Wildman–Crippen MR) is 74.3 cm³/mol. The molecular weight excluding hydrogens is 254 g/mol. The van der Waals surface area contributed by atoms with Crippen molar-refractivity contribution in [2.24, 2.45) is 0 Å². The molecule has 3 rings (SSSR count). The summed E-state index contributed by atoms with van der Waals surface area (Å²) in [6, 6.07) is 0.302. The number of hydrogen-bond donors (Lipinski definition) is 0. The molecule has 2 aliphatic rings. The summed E-state index contributed by atoms with van der Waals surface area (Å²) in [6.07, 6.45) is 4.47. The first kappa shape index (κ1) is 13.3. The molecule has 2 atom stereocenters. The van der Waals surface area contributed by atoms with Crippen molar-refractivity contribution in [1.29, 1.82) is 0 Å². The van der Waals surface area contributed by atoms with Crippen molar-refractivity contribution >= 4 is 6.09 Å². The number of aryl methyl sites for hydroxylation is 1. The first-order valence-corrected chi connectivity index (χ1v) is 7.19. The summed E-state index contributed by atoms with van der Waals surface area (Å²) in [7, 11) is 0. The maximum absolute atomic E-state index is 12.4. The molecule has 108 valence electrons. The highest BCUT2D eigenvalue weighted by Crippen LogP contribution is 2.43. The van der Waals surface area contributed by atoms with Crippen molar-refractivity contribution < 1.29 is 9.53 Å². The van der Waals surface area contributed by atoms with Gasteiger partial charge in [-0.1, -0.05) is 0 Å². The maximum atomic E-state index is 12.4. The highest BCUT2D eigenvalue weighted by molar-refractivity contribution is 5.70. The van der Waals surface area contributed by atoms with Gasteiger partial charge in [-0.3, -0.25) is 4.90 Å². The molecule has 0 aliphatic carbocycles. The summed E-state index contributed by atoms with van der Waals surface area (Å²) >= 11 is 0. The summed E-state index contributed by atoms with van der Waals surface area (Å²) < 4.78 is 5.54. The number of nitrogens with zero attached hydrogens (tertiary/aromatic N) is 3. The number of fused-ring (bicyclic) bond motifs is 4. The third kappa shape index (κ3) is 2.25. The molecule has 1 saturated heterocycles. The number of hydrogen-bond acceptors (Lipinski definition) is 4. The monoisotopic (exact) mass is 275 g/mol. The number of rotatable bonds is 0. The fourth-order valence-electron chi connectivity index (χ4n) is 3.17. The van der Waals surface area contributed by atoms with Gasteiger partial charge < -0.3 is 4.74 Å². The van der Waals surface area contributed by atoms with Gasteiger partial charge in [0, 0.05) is 24.2 Å². The van der Waals surface area contributed by atoms with E-state index in [1.54, 1.807) is 0 Å². The standard InChI is InChI=1S/C15H21N3O2/c1-9-16-8-11-12(17-9)7-10-5-6-13(11)18(10)14(19)20-15(2,3)4/h8,10,13H,5-7H2,1-4H3. The van der Waals surface area contributed by atoms with Crippen molar-refractivity contribution in [2.75, 3.05) is 0 Å². The maximum Gasteiger partial charge on any atom is 0.411 e. The zero-order valence-electron chi connectivity index (χ0n) is 12.5. The molecule has 2 bridgehead atoms. The Morgan fingerprint density at radius 3 is 2.85 bits per heavy atom. The zero-order valence-corrected chi connectivity index (χ0v) is 12.5. The van der Waals surface area contributed by atoms with E-state index in [0.717, 1.165) is 36.3 Å². The lowest BCUT2D eigenvalue weighted by Gasteiger charge is -2.36. The fourth-order valence-corrected chi connectivity index (χ4v) is 3.17. The molecule has 0 aromatic carbocycles. The van der Waals surface area contributed by atoms with Crippen LogP contribution in [0.15, 0.2) is 6.20 Å². The van der Waals surface area contributed by atoms with E-state index in [-0.39, 0.29) is 18.2 Å².